The molecule has 1 atom stereocenters. The van der Waals surface area contributed by atoms with Crippen LogP contribution < -0.4 is 4.57 Å². The summed E-state index contributed by atoms with van der Waals surface area (Å²) in [4.78, 5) is 4.29. The third-order valence-electron chi connectivity index (χ3n) is 6.78. The Morgan fingerprint density at radius 2 is 1.97 bits per heavy atom. The molecule has 0 N–H and O–H groups in total. The summed E-state index contributed by atoms with van der Waals surface area (Å²) in [6.45, 7) is -8.60. The van der Waals surface area contributed by atoms with Crippen molar-refractivity contribution in [2.24, 2.45) is 7.05 Å². The third kappa shape index (κ3) is 2.76. The fraction of sp³-hybridized carbons (Fsp3) is 0.290. The first-order chi connectivity index (χ1) is 21.4. The van der Waals surface area contributed by atoms with Crippen LogP contribution >= 0.6 is 0 Å². The highest BCUT2D eigenvalue weighted by Gasteiger charge is 2.37. The molecule has 0 bridgehead atoms. The number of pyridine rings is 2. The zero-order valence-electron chi connectivity index (χ0n) is 32.0. The number of benzene rings is 2. The molecule has 3 aromatic heterocycles. The normalized spacial score (nSPS) is 23.1. The number of furan rings is 1. The Bertz CT molecular complexity index is 2080. The van der Waals surface area contributed by atoms with Crippen molar-refractivity contribution in [2.45, 2.75) is 52.6 Å². The van der Waals surface area contributed by atoms with E-state index >= 15 is 0 Å². The van der Waals surface area contributed by atoms with E-state index in [1.165, 1.54) is 31.5 Å². The molecule has 3 heteroatoms. The van der Waals surface area contributed by atoms with Gasteiger partial charge in [0.1, 0.15) is 18.2 Å². The summed E-state index contributed by atoms with van der Waals surface area (Å²) in [6.07, 6.45) is 2.74. The van der Waals surface area contributed by atoms with Crippen LogP contribution in [0.5, 0.6) is 0 Å². The van der Waals surface area contributed by atoms with Crippen molar-refractivity contribution in [3.63, 3.8) is 0 Å². The van der Waals surface area contributed by atoms with Crippen molar-refractivity contribution in [3.8, 4) is 22.4 Å². The van der Waals surface area contributed by atoms with Crippen LogP contribution in [0.25, 0.3) is 44.3 Å². The summed E-state index contributed by atoms with van der Waals surface area (Å²) in [5, 5.41) is 1.19. The number of nitrogens with zero attached hydrogens (tertiary/aromatic N) is 2. The van der Waals surface area contributed by atoms with Gasteiger partial charge in [0, 0.05) is 57.4 Å². The molecule has 170 valence electrons. The average Bonchev–Trinajstić information content (AvgIpc) is 3.43. The highest BCUT2D eigenvalue weighted by atomic mass is 16.3. The minimum Gasteiger partial charge on any atom is -0.455 e. The molecule has 0 fully saturated rings. The molecular weight excluding hydrogens is 416 g/mol. The van der Waals surface area contributed by atoms with Gasteiger partial charge >= 0.3 is 0 Å². The van der Waals surface area contributed by atoms with Crippen LogP contribution in [0.1, 0.15) is 79.1 Å². The smallest absolute Gasteiger partial charge is 0.216 e. The molecule has 1 aliphatic rings. The summed E-state index contributed by atoms with van der Waals surface area (Å²) < 4.78 is 116. The predicted molar refractivity (Wildman–Crippen MR) is 139 cm³/mol. The van der Waals surface area contributed by atoms with Crippen LogP contribution in [0, 0.1) is 13.8 Å². The third-order valence-corrected chi connectivity index (χ3v) is 6.78. The van der Waals surface area contributed by atoms with E-state index in [1.54, 1.807) is 36.7 Å². The number of aromatic nitrogens is 2. The average molecular weight is 461 g/mol. The van der Waals surface area contributed by atoms with E-state index in [4.69, 9.17) is 22.2 Å². The topological polar surface area (TPSA) is 29.9 Å². The lowest BCUT2D eigenvalue weighted by atomic mass is 9.85. The van der Waals surface area contributed by atoms with Gasteiger partial charge in [-0.1, -0.05) is 45.7 Å². The SMILES string of the molecule is [2H]C([2H])([2H])c1cc(-c2c(C)ccc3c2oc2cc4c(cc23)-c2cccnc2C4(C([2H])([2H])[2H])C([2H])([2H])[2H])[n+](C)cc1C([2H])(C)C([2H])([2H])[2H]. The van der Waals surface area contributed by atoms with Gasteiger partial charge in [-0.3, -0.25) is 4.98 Å². The monoisotopic (exact) mass is 460 g/mol. The van der Waals surface area contributed by atoms with E-state index in [-0.39, 0.29) is 28.0 Å². The maximum Gasteiger partial charge on any atom is 0.216 e. The van der Waals surface area contributed by atoms with Gasteiger partial charge in [-0.15, -0.1) is 0 Å². The molecule has 0 spiro atoms. The molecule has 3 heterocycles. The van der Waals surface area contributed by atoms with Gasteiger partial charge in [0.2, 0.25) is 5.69 Å². The minimum atomic E-state index is -3.00. The highest BCUT2D eigenvalue weighted by Crippen LogP contribution is 2.50. The number of aryl methyl sites for hydroxylation is 3. The summed E-state index contributed by atoms with van der Waals surface area (Å²) in [5.41, 5.74) is 0.0997. The maximum absolute atomic E-state index is 8.66. The first-order valence-corrected chi connectivity index (χ1v) is 11.0. The molecule has 0 saturated carbocycles. The van der Waals surface area contributed by atoms with Gasteiger partial charge in [0.15, 0.2) is 6.20 Å². The molecule has 3 nitrogen and oxygen atoms in total. The molecule has 1 unspecified atom stereocenters. The highest BCUT2D eigenvalue weighted by molar-refractivity contribution is 6.11. The first-order valence-electron chi connectivity index (χ1n) is 17.5. The Labute approximate surface area is 219 Å². The fourth-order valence-corrected chi connectivity index (χ4v) is 5.08. The Balaban J connectivity index is 1.69. The van der Waals surface area contributed by atoms with Crippen LogP contribution in [0.15, 0.2) is 59.3 Å². The maximum atomic E-state index is 8.66. The van der Waals surface area contributed by atoms with Crippen molar-refractivity contribution in [1.29, 1.82) is 0 Å². The van der Waals surface area contributed by atoms with Gasteiger partial charge in [0.05, 0.1) is 11.3 Å². The molecule has 0 radical (unpaired) electrons. The number of hydrogen-bond donors (Lipinski definition) is 0. The quantitative estimate of drug-likeness (QED) is 0.255. The van der Waals surface area contributed by atoms with Crippen LogP contribution in [0.3, 0.4) is 0 Å². The number of hydrogen-bond acceptors (Lipinski definition) is 2. The lowest BCUT2D eigenvalue weighted by molar-refractivity contribution is -0.660. The Hall–Kier alpha value is -3.46. The lowest BCUT2D eigenvalue weighted by Gasteiger charge is -2.19. The van der Waals surface area contributed by atoms with Crippen LogP contribution in [0.4, 0.5) is 0 Å². The van der Waals surface area contributed by atoms with E-state index in [0.29, 0.717) is 44.3 Å². The van der Waals surface area contributed by atoms with Crippen molar-refractivity contribution in [2.75, 3.05) is 0 Å². The van der Waals surface area contributed by atoms with E-state index in [1.807, 2.05) is 12.1 Å². The van der Waals surface area contributed by atoms with Crippen molar-refractivity contribution >= 4 is 21.9 Å². The molecule has 0 amide bonds. The molecule has 0 aliphatic heterocycles. The van der Waals surface area contributed by atoms with E-state index in [0.717, 1.165) is 0 Å². The first kappa shape index (κ1) is 11.3. The standard InChI is InChI=1S/C31H31N2O/c1-17(2)24-16-33(7)26(13-19(24)4)28-18(3)10-11-20-23-14-22-21-9-8-12-32-30(21)31(5,6)25(22)15-27(23)34-29(20)28/h8-17H,1-7H3/q+1/i1D3,4D3,5D3,6D3,17D. The largest absolute Gasteiger partial charge is 0.455 e. The summed E-state index contributed by atoms with van der Waals surface area (Å²) in [7, 11) is 1.62. The second kappa shape index (κ2) is 7.02. The minimum absolute atomic E-state index is 0.0498. The van der Waals surface area contributed by atoms with Gasteiger partial charge in [0.25, 0.3) is 0 Å². The van der Waals surface area contributed by atoms with Crippen LogP contribution in [0.2, 0.25) is 0 Å². The van der Waals surface area contributed by atoms with Gasteiger partial charge < -0.3 is 4.42 Å². The summed E-state index contributed by atoms with van der Waals surface area (Å²) in [6, 6.07) is 11.5. The Morgan fingerprint density at radius 1 is 1.09 bits per heavy atom. The van der Waals surface area contributed by atoms with E-state index in [9.17, 15) is 0 Å². The lowest BCUT2D eigenvalue weighted by Crippen LogP contribution is -2.32. The van der Waals surface area contributed by atoms with E-state index in [2.05, 4.69) is 4.98 Å². The van der Waals surface area contributed by atoms with Crippen molar-refractivity contribution < 1.29 is 26.8 Å². The molecule has 2 aromatic carbocycles. The molecule has 5 aromatic rings. The van der Waals surface area contributed by atoms with Gasteiger partial charge in [-0.05, 0) is 60.1 Å². The van der Waals surface area contributed by atoms with E-state index < -0.39 is 38.7 Å². The van der Waals surface area contributed by atoms with Gasteiger partial charge in [-0.25, -0.2) is 4.57 Å². The number of rotatable bonds is 2. The van der Waals surface area contributed by atoms with Crippen LogP contribution in [-0.2, 0) is 12.5 Å². The van der Waals surface area contributed by atoms with Gasteiger partial charge in [-0.2, -0.15) is 0 Å². The molecular formula is C31H31N2O+. The molecule has 1 aliphatic carbocycles. The van der Waals surface area contributed by atoms with Crippen LogP contribution in [-0.4, -0.2) is 4.98 Å². The Morgan fingerprint density at radius 3 is 2.76 bits per heavy atom. The summed E-state index contributed by atoms with van der Waals surface area (Å²) >= 11 is 0. The van der Waals surface area contributed by atoms with Crippen molar-refractivity contribution in [1.82, 2.24) is 4.98 Å². The van der Waals surface area contributed by atoms with Crippen molar-refractivity contribution in [3.05, 3.63) is 82.8 Å². The summed E-state index contributed by atoms with van der Waals surface area (Å²) in [5.74, 6) is -2.23. The zero-order chi connectivity index (χ0) is 34.9. The predicted octanol–water partition coefficient (Wildman–Crippen LogP) is 7.52. The Kier molecular flexibility index (Phi) is 2.34. The molecule has 6 rings (SSSR count). The molecule has 34 heavy (non-hydrogen) atoms. The second-order valence-corrected chi connectivity index (χ2v) is 9.00. The second-order valence-electron chi connectivity index (χ2n) is 9.00. The fourth-order valence-electron chi connectivity index (χ4n) is 5.08. The zero-order valence-corrected chi connectivity index (χ0v) is 19.0. The molecule has 0 saturated heterocycles. The number of fused-ring (bicyclic) bond motifs is 6.